The van der Waals surface area contributed by atoms with Crippen molar-refractivity contribution < 1.29 is 31.1 Å². The molecule has 0 saturated carbocycles. The lowest BCUT2D eigenvalue weighted by atomic mass is 10.0. The lowest BCUT2D eigenvalue weighted by Crippen LogP contribution is -3.00. The molecule has 160 valence electrons. The van der Waals surface area contributed by atoms with Gasteiger partial charge in [0.2, 0.25) is 5.76 Å². The van der Waals surface area contributed by atoms with Crippen molar-refractivity contribution in [3.8, 4) is 0 Å². The molecule has 1 fully saturated rings. The van der Waals surface area contributed by atoms with Crippen LogP contribution in [-0.4, -0.2) is 5.97 Å². The van der Waals surface area contributed by atoms with Gasteiger partial charge in [-0.05, 0) is 13.0 Å². The molecule has 3 nitrogen and oxygen atoms in total. The number of aryl methyl sites for hydroxylation is 1. The Morgan fingerprint density at radius 3 is 1.46 bits per heavy atom. The van der Waals surface area contributed by atoms with Crippen LogP contribution in [0.3, 0.4) is 0 Å². The van der Waals surface area contributed by atoms with Gasteiger partial charge in [0.25, 0.3) is 0 Å². The Morgan fingerprint density at radius 2 is 1.11 bits per heavy atom. The van der Waals surface area contributed by atoms with Crippen LogP contribution in [0.5, 0.6) is 0 Å². The summed E-state index contributed by atoms with van der Waals surface area (Å²) >= 11 is 0. The summed E-state index contributed by atoms with van der Waals surface area (Å²) in [7, 11) is 0. The maximum absolute atomic E-state index is 9.56. The topological polar surface area (TPSA) is 33.5 Å². The molecule has 0 unspecified atom stereocenters. The minimum Gasteiger partial charge on any atom is -1.00 e. The summed E-state index contributed by atoms with van der Waals surface area (Å²) in [6.45, 7) is 6.65. The van der Waals surface area contributed by atoms with Crippen molar-refractivity contribution in [2.75, 3.05) is 0 Å². The molecule has 2 rings (SSSR count). The average molecular weight is 454 g/mol. The molecule has 0 aromatic carbocycles. The highest BCUT2D eigenvalue weighted by Gasteiger charge is 2.26. The zero-order valence-electron chi connectivity index (χ0n) is 17.8. The minimum atomic E-state index is -0.273. The van der Waals surface area contributed by atoms with Crippen LogP contribution >= 0.6 is 0 Å². The van der Waals surface area contributed by atoms with E-state index < -0.39 is 0 Å². The van der Waals surface area contributed by atoms with E-state index in [1.54, 1.807) is 0 Å². The van der Waals surface area contributed by atoms with Crippen molar-refractivity contribution in [2.45, 2.75) is 103 Å². The fourth-order valence-electron chi connectivity index (χ4n) is 3.16. The van der Waals surface area contributed by atoms with Crippen molar-refractivity contribution in [3.63, 3.8) is 0 Å². The summed E-state index contributed by atoms with van der Waals surface area (Å²) in [5.41, 5.74) is 0. The molecule has 0 bridgehead atoms. The van der Waals surface area contributed by atoms with Gasteiger partial charge in [0.1, 0.15) is 6.54 Å². The predicted octanol–water partition coefficient (Wildman–Crippen LogP) is 3.52. The number of hydrogen-bond acceptors (Lipinski definition) is 2. The number of rotatable bonds is 15. The number of aromatic nitrogens is 1. The molecule has 2 heterocycles. The predicted molar refractivity (Wildman–Crippen MR) is 112 cm³/mol. The normalized spacial score (nSPS) is 11.9. The van der Waals surface area contributed by atoms with Gasteiger partial charge in [-0.3, -0.25) is 0 Å². The van der Waals surface area contributed by atoms with Gasteiger partial charge >= 0.3 is 5.97 Å². The molecule has 1 aromatic rings. The Morgan fingerprint density at radius 1 is 0.750 bits per heavy atom. The SMILES string of the molecule is C=C1OC1=O.CCCCCCCCCCCCCCCC[n+]1ccccc1.[Br-]. The molecule has 0 aliphatic carbocycles. The number of ether oxygens (including phenoxy) is 1. The molecule has 0 amide bonds. The second-order valence-electron chi connectivity index (χ2n) is 7.52. The third-order valence-electron chi connectivity index (χ3n) is 4.95. The largest absolute Gasteiger partial charge is 1.00 e. The van der Waals surface area contributed by atoms with Gasteiger partial charge in [0.05, 0.1) is 0 Å². The minimum absolute atomic E-state index is 0. The van der Waals surface area contributed by atoms with Crippen molar-refractivity contribution >= 4 is 5.97 Å². The Kier molecular flexibility index (Phi) is 18.4. The van der Waals surface area contributed by atoms with Gasteiger partial charge in [-0.15, -0.1) is 0 Å². The highest BCUT2D eigenvalue weighted by Crippen LogP contribution is 2.13. The lowest BCUT2D eigenvalue weighted by Gasteiger charge is -2.02. The maximum atomic E-state index is 9.56. The molecular weight excluding hydrogens is 414 g/mol. The molecular formula is C24H40BrNO2. The number of cyclic esters (lactones) is 1. The summed E-state index contributed by atoms with van der Waals surface area (Å²) in [6.07, 6.45) is 24.4. The quantitative estimate of drug-likeness (QED) is 0.176. The van der Waals surface area contributed by atoms with E-state index in [0.717, 1.165) is 0 Å². The highest BCUT2D eigenvalue weighted by molar-refractivity contribution is 5.99. The van der Waals surface area contributed by atoms with Crippen LogP contribution in [0.4, 0.5) is 0 Å². The van der Waals surface area contributed by atoms with E-state index >= 15 is 0 Å². The van der Waals surface area contributed by atoms with E-state index in [1.165, 1.54) is 96.4 Å². The number of nitrogens with zero attached hydrogens (tertiary/aromatic N) is 1. The van der Waals surface area contributed by atoms with Gasteiger partial charge in [-0.25, -0.2) is 9.36 Å². The van der Waals surface area contributed by atoms with Crippen LogP contribution in [0, 0.1) is 0 Å². The number of hydrogen-bond donors (Lipinski definition) is 0. The summed E-state index contributed by atoms with van der Waals surface area (Å²) < 4.78 is 6.38. The fourth-order valence-corrected chi connectivity index (χ4v) is 3.16. The molecule has 0 spiro atoms. The average Bonchev–Trinajstić information content (AvgIpc) is 3.35. The second-order valence-corrected chi connectivity index (χ2v) is 7.52. The van der Waals surface area contributed by atoms with E-state index in [9.17, 15) is 4.79 Å². The Bertz CT molecular complexity index is 493. The third-order valence-corrected chi connectivity index (χ3v) is 4.95. The summed E-state index contributed by atoms with van der Waals surface area (Å²) in [5, 5.41) is 0. The molecule has 1 saturated heterocycles. The molecule has 1 aliphatic heterocycles. The number of carbonyl (C=O) groups excluding carboxylic acids is 1. The van der Waals surface area contributed by atoms with E-state index in [1.807, 2.05) is 0 Å². The zero-order chi connectivity index (χ0) is 19.6. The van der Waals surface area contributed by atoms with Gasteiger partial charge in [-0.1, -0.05) is 90.0 Å². The first-order valence-corrected chi connectivity index (χ1v) is 11.1. The monoisotopic (exact) mass is 453 g/mol. The van der Waals surface area contributed by atoms with Gasteiger partial charge < -0.3 is 21.7 Å². The fraction of sp³-hybridized carbons (Fsp3) is 0.667. The number of carbonyl (C=O) groups is 1. The van der Waals surface area contributed by atoms with Crippen LogP contribution in [0.15, 0.2) is 42.9 Å². The summed E-state index contributed by atoms with van der Waals surface area (Å²) in [5.74, 6) is 0.00926. The highest BCUT2D eigenvalue weighted by atomic mass is 79.9. The van der Waals surface area contributed by atoms with E-state index in [4.69, 9.17) is 0 Å². The molecule has 28 heavy (non-hydrogen) atoms. The van der Waals surface area contributed by atoms with E-state index in [0.29, 0.717) is 0 Å². The second kappa shape index (κ2) is 19.2. The third kappa shape index (κ3) is 17.0. The van der Waals surface area contributed by atoms with Gasteiger partial charge in [-0.2, -0.15) is 0 Å². The number of pyridine rings is 1. The Hall–Kier alpha value is -1.16. The van der Waals surface area contributed by atoms with Crippen molar-refractivity contribution in [2.24, 2.45) is 0 Å². The van der Waals surface area contributed by atoms with Crippen LogP contribution in [0.1, 0.15) is 96.8 Å². The summed E-state index contributed by atoms with van der Waals surface area (Å²) in [6, 6.07) is 6.31. The van der Waals surface area contributed by atoms with Crippen LogP contribution in [0.25, 0.3) is 0 Å². The Balaban J connectivity index is 0.00000105. The zero-order valence-corrected chi connectivity index (χ0v) is 19.4. The first-order valence-electron chi connectivity index (χ1n) is 11.1. The first kappa shape index (κ1) is 26.8. The standard InChI is InChI=1S/C21H38N.C3H2O2.BrH/c1-2-3-4-5-6-7-8-9-10-11-12-13-14-16-19-22-20-17-15-18-21-22;1-2-3(4)5-2;/h15,17-18,20-21H,2-14,16,19H2,1H3;1H2;1H/q+1;;/p-1. The molecule has 0 N–H and O–H groups in total. The van der Waals surface area contributed by atoms with Crippen molar-refractivity contribution in [3.05, 3.63) is 42.9 Å². The molecule has 0 atom stereocenters. The number of epoxide rings is 1. The van der Waals surface area contributed by atoms with E-state index in [-0.39, 0.29) is 28.7 Å². The molecule has 4 heteroatoms. The van der Waals surface area contributed by atoms with Crippen molar-refractivity contribution in [1.82, 2.24) is 0 Å². The van der Waals surface area contributed by atoms with Gasteiger partial charge in [0, 0.05) is 18.6 Å². The number of unbranched alkanes of at least 4 members (excludes halogenated alkanes) is 13. The van der Waals surface area contributed by atoms with Crippen LogP contribution in [-0.2, 0) is 16.1 Å². The van der Waals surface area contributed by atoms with Crippen molar-refractivity contribution in [1.29, 1.82) is 0 Å². The Labute approximate surface area is 183 Å². The molecule has 1 aromatic heterocycles. The van der Waals surface area contributed by atoms with Crippen LogP contribution in [0.2, 0.25) is 0 Å². The van der Waals surface area contributed by atoms with Gasteiger partial charge in [0.15, 0.2) is 12.4 Å². The number of halogens is 1. The van der Waals surface area contributed by atoms with E-state index in [2.05, 4.69) is 53.4 Å². The maximum Gasteiger partial charge on any atom is 0.379 e. The smallest absolute Gasteiger partial charge is 0.379 e. The molecule has 1 aliphatic rings. The van der Waals surface area contributed by atoms with Crippen LogP contribution < -0.4 is 21.5 Å². The lowest BCUT2D eigenvalue weighted by molar-refractivity contribution is -0.697. The first-order chi connectivity index (χ1) is 13.2. The molecule has 0 radical (unpaired) electrons. The summed E-state index contributed by atoms with van der Waals surface area (Å²) in [4.78, 5) is 9.56.